The Balaban J connectivity index is 1.93. The summed E-state index contributed by atoms with van der Waals surface area (Å²) in [5, 5.41) is 3.80. The molecule has 0 aromatic rings. The highest BCUT2D eigenvalue weighted by molar-refractivity contribution is 4.96. The molecular weight excluding hydrogens is 248 g/mol. The standard InChI is InChI=1S/C17H34N2O/c1-5-14(3)16-12-18-17(4,6-2)13-19(16)10-9-15-8-7-11-20-15/h14-16,18H,5-13H2,1-4H3. The van der Waals surface area contributed by atoms with Gasteiger partial charge < -0.3 is 10.1 Å². The van der Waals surface area contributed by atoms with E-state index in [0.29, 0.717) is 17.7 Å². The zero-order chi connectivity index (χ0) is 14.6. The molecule has 0 aliphatic carbocycles. The molecule has 3 nitrogen and oxygen atoms in total. The van der Waals surface area contributed by atoms with Gasteiger partial charge in [0, 0.05) is 37.8 Å². The lowest BCUT2D eigenvalue weighted by Gasteiger charge is -2.48. The van der Waals surface area contributed by atoms with Gasteiger partial charge >= 0.3 is 0 Å². The number of hydrogen-bond donors (Lipinski definition) is 1. The first kappa shape index (κ1) is 16.3. The Hall–Kier alpha value is -0.120. The van der Waals surface area contributed by atoms with Crippen LogP contribution in [0.4, 0.5) is 0 Å². The van der Waals surface area contributed by atoms with Crippen LogP contribution in [-0.4, -0.2) is 48.8 Å². The van der Waals surface area contributed by atoms with Crippen LogP contribution in [0, 0.1) is 5.92 Å². The van der Waals surface area contributed by atoms with Crippen molar-refractivity contribution in [1.29, 1.82) is 0 Å². The summed E-state index contributed by atoms with van der Waals surface area (Å²) in [4.78, 5) is 2.75. The topological polar surface area (TPSA) is 24.5 Å². The van der Waals surface area contributed by atoms with Crippen molar-refractivity contribution in [3.05, 3.63) is 0 Å². The highest BCUT2D eigenvalue weighted by atomic mass is 16.5. The van der Waals surface area contributed by atoms with Crippen molar-refractivity contribution in [3.63, 3.8) is 0 Å². The highest BCUT2D eigenvalue weighted by Crippen LogP contribution is 2.25. The molecule has 0 radical (unpaired) electrons. The molecule has 2 rings (SSSR count). The molecule has 0 aromatic carbocycles. The molecule has 2 aliphatic heterocycles. The largest absolute Gasteiger partial charge is 0.378 e. The summed E-state index contributed by atoms with van der Waals surface area (Å²) in [6.45, 7) is 13.9. The average Bonchev–Trinajstić information content (AvgIpc) is 2.98. The maximum atomic E-state index is 5.80. The molecule has 1 N–H and O–H groups in total. The van der Waals surface area contributed by atoms with Crippen LogP contribution >= 0.6 is 0 Å². The fraction of sp³-hybridized carbons (Fsp3) is 1.00. The average molecular weight is 282 g/mol. The number of hydrogen-bond acceptors (Lipinski definition) is 3. The lowest BCUT2D eigenvalue weighted by atomic mass is 9.88. The van der Waals surface area contributed by atoms with Crippen molar-refractivity contribution in [2.45, 2.75) is 77.5 Å². The quantitative estimate of drug-likeness (QED) is 0.810. The van der Waals surface area contributed by atoms with Gasteiger partial charge in [-0.3, -0.25) is 4.90 Å². The van der Waals surface area contributed by atoms with Crippen molar-refractivity contribution in [3.8, 4) is 0 Å². The van der Waals surface area contributed by atoms with Crippen LogP contribution in [0.3, 0.4) is 0 Å². The molecule has 2 fully saturated rings. The predicted octanol–water partition coefficient (Wildman–Crippen LogP) is 3.04. The van der Waals surface area contributed by atoms with E-state index in [1.54, 1.807) is 0 Å². The summed E-state index contributed by atoms with van der Waals surface area (Å²) in [5.41, 5.74) is 0.292. The van der Waals surface area contributed by atoms with Gasteiger partial charge in [0.2, 0.25) is 0 Å². The molecule has 0 amide bonds. The first-order chi connectivity index (χ1) is 9.58. The fourth-order valence-electron chi connectivity index (χ4n) is 3.60. The van der Waals surface area contributed by atoms with E-state index in [-0.39, 0.29) is 0 Å². The molecule has 118 valence electrons. The lowest BCUT2D eigenvalue weighted by molar-refractivity contribution is 0.0338. The monoisotopic (exact) mass is 282 g/mol. The first-order valence-electron chi connectivity index (χ1n) is 8.68. The molecule has 4 atom stereocenters. The molecule has 0 aromatic heterocycles. The summed E-state index contributed by atoms with van der Waals surface area (Å²) in [5.74, 6) is 0.772. The summed E-state index contributed by atoms with van der Waals surface area (Å²) >= 11 is 0. The second kappa shape index (κ2) is 7.24. The number of piperazine rings is 1. The van der Waals surface area contributed by atoms with E-state index >= 15 is 0 Å². The normalized spacial score (nSPS) is 37.2. The van der Waals surface area contributed by atoms with E-state index in [1.165, 1.54) is 45.2 Å². The molecule has 0 saturated carbocycles. The number of nitrogens with zero attached hydrogens (tertiary/aromatic N) is 1. The number of ether oxygens (including phenoxy) is 1. The second-order valence-electron chi connectivity index (χ2n) is 7.14. The zero-order valence-electron chi connectivity index (χ0n) is 14.0. The fourth-order valence-corrected chi connectivity index (χ4v) is 3.60. The number of nitrogens with one attached hydrogen (secondary N) is 1. The third-order valence-electron chi connectivity index (χ3n) is 5.60. The van der Waals surface area contributed by atoms with Crippen LogP contribution in [-0.2, 0) is 4.74 Å². The Labute approximate surface area is 125 Å². The third kappa shape index (κ3) is 3.96. The predicted molar refractivity (Wildman–Crippen MR) is 85.1 cm³/mol. The first-order valence-corrected chi connectivity index (χ1v) is 8.68. The minimum absolute atomic E-state index is 0.292. The van der Waals surface area contributed by atoms with Crippen molar-refractivity contribution < 1.29 is 4.74 Å². The van der Waals surface area contributed by atoms with Gasteiger partial charge in [-0.2, -0.15) is 0 Å². The van der Waals surface area contributed by atoms with Gasteiger partial charge in [-0.05, 0) is 38.5 Å². The van der Waals surface area contributed by atoms with E-state index in [0.717, 1.165) is 19.1 Å². The minimum atomic E-state index is 0.292. The van der Waals surface area contributed by atoms with E-state index in [4.69, 9.17) is 4.74 Å². The molecule has 4 unspecified atom stereocenters. The smallest absolute Gasteiger partial charge is 0.0588 e. The third-order valence-corrected chi connectivity index (χ3v) is 5.60. The van der Waals surface area contributed by atoms with Gasteiger partial charge in [0.05, 0.1) is 6.10 Å². The van der Waals surface area contributed by atoms with Gasteiger partial charge in [0.1, 0.15) is 0 Å². The summed E-state index contributed by atoms with van der Waals surface area (Å²) in [7, 11) is 0. The van der Waals surface area contributed by atoms with Gasteiger partial charge in [0.15, 0.2) is 0 Å². The van der Waals surface area contributed by atoms with E-state index in [1.807, 2.05) is 0 Å². The molecule has 2 saturated heterocycles. The van der Waals surface area contributed by atoms with Crippen LogP contribution in [0.1, 0.15) is 59.8 Å². The van der Waals surface area contributed by atoms with Crippen molar-refractivity contribution in [2.75, 3.05) is 26.2 Å². The zero-order valence-corrected chi connectivity index (χ0v) is 14.0. The van der Waals surface area contributed by atoms with Crippen molar-refractivity contribution in [1.82, 2.24) is 10.2 Å². The lowest BCUT2D eigenvalue weighted by Crippen LogP contribution is -2.64. The Bertz CT molecular complexity index is 291. The Morgan fingerprint density at radius 3 is 2.80 bits per heavy atom. The molecular formula is C17H34N2O. The van der Waals surface area contributed by atoms with Gasteiger partial charge in [0.25, 0.3) is 0 Å². The van der Waals surface area contributed by atoms with E-state index in [2.05, 4.69) is 37.9 Å². The van der Waals surface area contributed by atoms with Crippen LogP contribution in [0.15, 0.2) is 0 Å². The summed E-state index contributed by atoms with van der Waals surface area (Å²) < 4.78 is 5.80. The molecule has 0 spiro atoms. The maximum Gasteiger partial charge on any atom is 0.0588 e. The SMILES string of the molecule is CCC(C)C1CNC(C)(CC)CN1CCC1CCCO1. The van der Waals surface area contributed by atoms with Crippen LogP contribution in [0.25, 0.3) is 0 Å². The molecule has 2 aliphatic rings. The highest BCUT2D eigenvalue weighted by Gasteiger charge is 2.36. The van der Waals surface area contributed by atoms with Crippen LogP contribution in [0.2, 0.25) is 0 Å². The van der Waals surface area contributed by atoms with Crippen LogP contribution in [0.5, 0.6) is 0 Å². The van der Waals surface area contributed by atoms with Crippen molar-refractivity contribution in [2.24, 2.45) is 5.92 Å². The van der Waals surface area contributed by atoms with Gasteiger partial charge in [-0.15, -0.1) is 0 Å². The van der Waals surface area contributed by atoms with Gasteiger partial charge in [-0.1, -0.05) is 27.2 Å². The molecule has 0 bridgehead atoms. The van der Waals surface area contributed by atoms with Gasteiger partial charge in [-0.25, -0.2) is 0 Å². The van der Waals surface area contributed by atoms with E-state index < -0.39 is 0 Å². The Kier molecular flexibility index (Phi) is 5.88. The molecule has 20 heavy (non-hydrogen) atoms. The number of rotatable bonds is 6. The van der Waals surface area contributed by atoms with Crippen molar-refractivity contribution >= 4 is 0 Å². The summed E-state index contributed by atoms with van der Waals surface area (Å²) in [6.07, 6.45) is 6.74. The molecule has 2 heterocycles. The van der Waals surface area contributed by atoms with E-state index in [9.17, 15) is 0 Å². The van der Waals surface area contributed by atoms with Crippen LogP contribution < -0.4 is 5.32 Å². The minimum Gasteiger partial charge on any atom is -0.378 e. The summed E-state index contributed by atoms with van der Waals surface area (Å²) in [6, 6.07) is 0.695. The maximum absolute atomic E-state index is 5.80. The molecule has 3 heteroatoms. The Morgan fingerprint density at radius 1 is 1.40 bits per heavy atom. The Morgan fingerprint density at radius 2 is 2.20 bits per heavy atom. The second-order valence-corrected chi connectivity index (χ2v) is 7.14.